The predicted octanol–water partition coefficient (Wildman–Crippen LogP) is 2.18. The summed E-state index contributed by atoms with van der Waals surface area (Å²) in [4.78, 5) is 20.0. The van der Waals surface area contributed by atoms with E-state index in [4.69, 9.17) is 14.8 Å². The van der Waals surface area contributed by atoms with Crippen molar-refractivity contribution in [3.63, 3.8) is 0 Å². The summed E-state index contributed by atoms with van der Waals surface area (Å²) in [5, 5.41) is 3.76. The van der Waals surface area contributed by atoms with Crippen molar-refractivity contribution < 1.29 is 18.8 Å². The molecule has 0 bridgehead atoms. The van der Waals surface area contributed by atoms with Gasteiger partial charge in [0.15, 0.2) is 5.76 Å². The summed E-state index contributed by atoms with van der Waals surface area (Å²) in [5.74, 6) is -0.533. The number of hydrogen-bond donors (Lipinski definition) is 0. The maximum atomic E-state index is 12.2. The van der Waals surface area contributed by atoms with E-state index < -0.39 is 5.78 Å². The van der Waals surface area contributed by atoms with Crippen molar-refractivity contribution in [3.05, 3.63) is 65.6 Å². The molecule has 20 heavy (non-hydrogen) atoms. The lowest BCUT2D eigenvalue weighted by Gasteiger charge is -2.00. The Kier molecular flexibility index (Phi) is 4.21. The fraction of sp³-hybridized carbons (Fsp3) is 0.0714. The van der Waals surface area contributed by atoms with Gasteiger partial charge in [0.25, 0.3) is 0 Å². The summed E-state index contributed by atoms with van der Waals surface area (Å²) in [5.41, 5.74) is 9.59. The molecule has 1 aromatic carbocycles. The van der Waals surface area contributed by atoms with Crippen LogP contribution in [0.1, 0.15) is 16.1 Å². The van der Waals surface area contributed by atoms with Crippen LogP contribution in [0.3, 0.4) is 0 Å². The molecule has 2 rings (SSSR count). The van der Waals surface area contributed by atoms with Gasteiger partial charge in [0.2, 0.25) is 5.71 Å². The van der Waals surface area contributed by atoms with Gasteiger partial charge in [-0.25, -0.2) is 0 Å². The van der Waals surface area contributed by atoms with Gasteiger partial charge in [-0.05, 0) is 12.1 Å². The zero-order valence-electron chi connectivity index (χ0n) is 10.7. The SMILES string of the molecule is CO/N=C(\C(=[N+]=[N-])C(=O)c1ccco1)c1ccccc1. The number of furan rings is 1. The molecule has 0 aliphatic heterocycles. The van der Waals surface area contributed by atoms with Crippen LogP contribution in [0.2, 0.25) is 0 Å². The molecule has 0 unspecified atom stereocenters. The third kappa shape index (κ3) is 2.71. The topological polar surface area (TPSA) is 88.2 Å². The van der Waals surface area contributed by atoms with E-state index in [9.17, 15) is 4.79 Å². The second kappa shape index (κ2) is 6.26. The Labute approximate surface area is 114 Å². The lowest BCUT2D eigenvalue weighted by Crippen LogP contribution is -2.26. The van der Waals surface area contributed by atoms with Crippen LogP contribution in [0.4, 0.5) is 0 Å². The van der Waals surface area contributed by atoms with E-state index >= 15 is 0 Å². The summed E-state index contributed by atoms with van der Waals surface area (Å²) < 4.78 is 5.00. The first kappa shape index (κ1) is 13.5. The summed E-state index contributed by atoms with van der Waals surface area (Å²) >= 11 is 0. The van der Waals surface area contributed by atoms with E-state index in [0.29, 0.717) is 5.56 Å². The molecule has 0 aliphatic rings. The minimum atomic E-state index is -0.586. The van der Waals surface area contributed by atoms with Crippen LogP contribution in [-0.4, -0.2) is 29.1 Å². The van der Waals surface area contributed by atoms with Gasteiger partial charge in [-0.3, -0.25) is 4.79 Å². The average molecular weight is 269 g/mol. The summed E-state index contributed by atoms with van der Waals surface area (Å²) in [6.45, 7) is 0. The van der Waals surface area contributed by atoms with Crippen molar-refractivity contribution in [2.24, 2.45) is 5.16 Å². The number of oxime groups is 1. The van der Waals surface area contributed by atoms with E-state index in [2.05, 4.69) is 9.95 Å². The lowest BCUT2D eigenvalue weighted by molar-refractivity contribution is -0.00317. The number of rotatable bonds is 5. The van der Waals surface area contributed by atoms with Crippen molar-refractivity contribution in [2.45, 2.75) is 0 Å². The number of hydrogen-bond acceptors (Lipinski definition) is 4. The second-order valence-corrected chi connectivity index (χ2v) is 3.74. The quantitative estimate of drug-likeness (QED) is 0.274. The molecule has 0 saturated carbocycles. The molecule has 0 N–H and O–H groups in total. The molecular formula is C14H11N3O3. The van der Waals surface area contributed by atoms with Gasteiger partial charge in [0, 0.05) is 5.56 Å². The standard InChI is InChI=1S/C14H11N3O3/c1-19-17-12(10-6-3-2-4-7-10)13(16-15)14(18)11-8-5-9-20-11/h2-9H,1H3/b17-12-. The number of carbonyl (C=O) groups excluding carboxylic acids is 1. The van der Waals surface area contributed by atoms with Gasteiger partial charge >= 0.3 is 11.5 Å². The first-order chi connectivity index (χ1) is 9.77. The molecule has 0 fully saturated rings. The van der Waals surface area contributed by atoms with Crippen LogP contribution in [-0.2, 0) is 4.84 Å². The molecule has 0 radical (unpaired) electrons. The minimum absolute atomic E-state index is 0.0533. The Bertz CT molecular complexity index is 669. The molecular weight excluding hydrogens is 258 g/mol. The van der Waals surface area contributed by atoms with Crippen LogP contribution in [0, 0.1) is 0 Å². The number of Topliss-reactive ketones (excluding diaryl/α,β-unsaturated/α-hetero) is 1. The zero-order chi connectivity index (χ0) is 14.4. The monoisotopic (exact) mass is 269 g/mol. The summed E-state index contributed by atoms with van der Waals surface area (Å²) in [7, 11) is 1.34. The highest BCUT2D eigenvalue weighted by Gasteiger charge is 2.32. The number of ketones is 1. The Hall–Kier alpha value is -2.98. The molecule has 0 spiro atoms. The van der Waals surface area contributed by atoms with E-state index in [1.54, 1.807) is 30.3 Å². The van der Waals surface area contributed by atoms with E-state index in [-0.39, 0.29) is 17.2 Å². The van der Waals surface area contributed by atoms with Gasteiger partial charge in [-0.1, -0.05) is 35.5 Å². The molecule has 100 valence electrons. The summed E-state index contributed by atoms with van der Waals surface area (Å²) in [6.07, 6.45) is 1.36. The average Bonchev–Trinajstić information content (AvgIpc) is 3.02. The van der Waals surface area contributed by atoms with E-state index in [1.807, 2.05) is 6.07 Å². The van der Waals surface area contributed by atoms with Crippen molar-refractivity contribution in [3.8, 4) is 0 Å². The summed E-state index contributed by atoms with van der Waals surface area (Å²) in [6, 6.07) is 11.8. The molecule has 0 amide bonds. The molecule has 0 atom stereocenters. The molecule has 1 aromatic heterocycles. The number of benzene rings is 1. The van der Waals surface area contributed by atoms with E-state index in [0.717, 1.165) is 0 Å². The molecule has 6 heteroatoms. The minimum Gasteiger partial charge on any atom is -0.461 e. The van der Waals surface area contributed by atoms with E-state index in [1.165, 1.54) is 19.4 Å². The second-order valence-electron chi connectivity index (χ2n) is 3.74. The normalized spacial score (nSPS) is 10.8. The van der Waals surface area contributed by atoms with Crippen molar-refractivity contribution in [1.82, 2.24) is 0 Å². The van der Waals surface area contributed by atoms with Gasteiger partial charge in [-0.15, -0.1) is 0 Å². The van der Waals surface area contributed by atoms with Crippen molar-refractivity contribution in [2.75, 3.05) is 7.11 Å². The van der Waals surface area contributed by atoms with Crippen molar-refractivity contribution in [1.29, 1.82) is 0 Å². The van der Waals surface area contributed by atoms with Crippen LogP contribution in [0.25, 0.3) is 5.53 Å². The third-order valence-corrected chi connectivity index (χ3v) is 2.51. The molecule has 1 heterocycles. The Morgan fingerprint density at radius 3 is 2.55 bits per heavy atom. The first-order valence-corrected chi connectivity index (χ1v) is 5.75. The van der Waals surface area contributed by atoms with Crippen LogP contribution in [0.15, 0.2) is 58.3 Å². The lowest BCUT2D eigenvalue weighted by atomic mass is 10.0. The Balaban J connectivity index is 2.46. The maximum absolute atomic E-state index is 12.2. The largest absolute Gasteiger partial charge is 0.461 e. The highest BCUT2D eigenvalue weighted by molar-refractivity contribution is 6.70. The number of carbonyl (C=O) groups is 1. The van der Waals surface area contributed by atoms with Crippen LogP contribution < -0.4 is 0 Å². The van der Waals surface area contributed by atoms with Crippen LogP contribution >= 0.6 is 0 Å². The fourth-order valence-electron chi connectivity index (χ4n) is 1.64. The van der Waals surface area contributed by atoms with Gasteiger partial charge in [-0.2, -0.15) is 4.79 Å². The molecule has 2 aromatic rings. The fourth-order valence-corrected chi connectivity index (χ4v) is 1.64. The Morgan fingerprint density at radius 2 is 2.00 bits per heavy atom. The highest BCUT2D eigenvalue weighted by Crippen LogP contribution is 2.08. The van der Waals surface area contributed by atoms with Gasteiger partial charge in [0.1, 0.15) is 7.11 Å². The first-order valence-electron chi connectivity index (χ1n) is 5.75. The number of nitrogens with zero attached hydrogens (tertiary/aromatic N) is 3. The molecule has 0 aliphatic carbocycles. The predicted molar refractivity (Wildman–Crippen MR) is 71.7 cm³/mol. The maximum Gasteiger partial charge on any atom is 0.395 e. The highest BCUT2D eigenvalue weighted by atomic mass is 16.6. The van der Waals surface area contributed by atoms with Crippen molar-refractivity contribution >= 4 is 17.2 Å². The van der Waals surface area contributed by atoms with Gasteiger partial charge < -0.3 is 14.8 Å². The Morgan fingerprint density at radius 1 is 1.25 bits per heavy atom. The zero-order valence-corrected chi connectivity index (χ0v) is 10.7. The smallest absolute Gasteiger partial charge is 0.395 e. The van der Waals surface area contributed by atoms with Crippen LogP contribution in [0.5, 0.6) is 0 Å². The molecule has 6 nitrogen and oxygen atoms in total. The van der Waals surface area contributed by atoms with Gasteiger partial charge in [0.05, 0.1) is 6.26 Å². The third-order valence-electron chi connectivity index (χ3n) is 2.51. The molecule has 0 saturated heterocycles.